The highest BCUT2D eigenvalue weighted by atomic mass is 16.5. The Bertz CT molecular complexity index is 1260. The summed E-state index contributed by atoms with van der Waals surface area (Å²) >= 11 is 0. The minimum absolute atomic E-state index is 0.212. The highest BCUT2D eigenvalue weighted by Crippen LogP contribution is 2.29. The van der Waals surface area contributed by atoms with Gasteiger partial charge in [-0.3, -0.25) is 18.9 Å². The molecule has 0 radical (unpaired) electrons. The van der Waals surface area contributed by atoms with Gasteiger partial charge in [-0.2, -0.15) is 0 Å². The average Bonchev–Trinajstić information content (AvgIpc) is 2.87. The number of benzene rings is 1. The number of nitrogens with one attached hydrogen (secondary N) is 1. The normalized spacial score (nSPS) is 13.3. The van der Waals surface area contributed by atoms with Crippen LogP contribution in [-0.2, 0) is 0 Å². The molecular formula is C21H21N5O3. The number of hydrogen-bond donors (Lipinski definition) is 1. The number of aromatic nitrogens is 3. The van der Waals surface area contributed by atoms with Gasteiger partial charge in [0, 0.05) is 32.6 Å². The molecule has 0 aliphatic carbocycles. The Balaban J connectivity index is 2.09. The number of anilines is 1. The van der Waals surface area contributed by atoms with Crippen molar-refractivity contribution in [2.45, 2.75) is 6.92 Å². The third kappa shape index (κ3) is 2.98. The quantitative estimate of drug-likeness (QED) is 0.742. The molecule has 0 saturated carbocycles. The molecule has 0 bridgehead atoms. The first kappa shape index (κ1) is 18.5. The number of imidazole rings is 1. The van der Waals surface area contributed by atoms with Gasteiger partial charge >= 0.3 is 0 Å². The van der Waals surface area contributed by atoms with Crippen molar-refractivity contribution in [3.63, 3.8) is 0 Å². The SMILES string of the molecule is COc1cc2c(cc1C(=O)N(C)C)[nH]c(=O)c1c(C)nc(N3C=CC=CC=C3)n12. The first-order valence-corrected chi connectivity index (χ1v) is 9.07. The van der Waals surface area contributed by atoms with Crippen LogP contribution in [0.4, 0.5) is 5.95 Å². The Morgan fingerprint density at radius 1 is 1.14 bits per heavy atom. The summed E-state index contributed by atoms with van der Waals surface area (Å²) in [5, 5.41) is 0. The molecule has 3 heterocycles. The van der Waals surface area contributed by atoms with Crippen molar-refractivity contribution in [3.05, 3.63) is 70.4 Å². The number of rotatable bonds is 3. The smallest absolute Gasteiger partial charge is 0.274 e. The fourth-order valence-electron chi connectivity index (χ4n) is 3.39. The largest absolute Gasteiger partial charge is 0.496 e. The van der Waals surface area contributed by atoms with E-state index in [1.54, 1.807) is 37.6 Å². The van der Waals surface area contributed by atoms with E-state index in [1.165, 1.54) is 12.0 Å². The number of carbonyl (C=O) groups excluding carboxylic acids is 1. The third-order valence-corrected chi connectivity index (χ3v) is 4.75. The predicted octanol–water partition coefficient (Wildman–Crippen LogP) is 2.60. The van der Waals surface area contributed by atoms with Crippen molar-refractivity contribution < 1.29 is 9.53 Å². The summed E-state index contributed by atoms with van der Waals surface area (Å²) in [6, 6.07) is 3.40. The number of aromatic amines is 1. The summed E-state index contributed by atoms with van der Waals surface area (Å²) < 4.78 is 7.28. The molecule has 1 aliphatic heterocycles. The fraction of sp³-hybridized carbons (Fsp3) is 0.190. The second-order valence-corrected chi connectivity index (χ2v) is 6.88. The highest BCUT2D eigenvalue weighted by Gasteiger charge is 2.21. The second kappa shape index (κ2) is 6.97. The number of ether oxygens (including phenoxy) is 1. The first-order chi connectivity index (χ1) is 13.9. The zero-order valence-electron chi connectivity index (χ0n) is 16.6. The van der Waals surface area contributed by atoms with Crippen molar-refractivity contribution in [3.8, 4) is 5.75 Å². The third-order valence-electron chi connectivity index (χ3n) is 4.75. The molecule has 1 N–H and O–H groups in total. The minimum Gasteiger partial charge on any atom is -0.496 e. The standard InChI is InChI=1S/C21H21N5O3/c1-13-18-19(27)23-15-11-14(20(28)24(2)3)17(29-4)12-16(15)26(18)21(22-13)25-9-7-5-6-8-10-25/h5-12H,1-4H3,(H,23,27). The molecule has 0 fully saturated rings. The minimum atomic E-state index is -0.275. The maximum atomic E-state index is 12.8. The van der Waals surface area contributed by atoms with Crippen LogP contribution in [0.15, 0.2) is 53.6 Å². The van der Waals surface area contributed by atoms with E-state index < -0.39 is 0 Å². The lowest BCUT2D eigenvalue weighted by atomic mass is 10.1. The van der Waals surface area contributed by atoms with Crippen LogP contribution in [0.2, 0.25) is 0 Å². The van der Waals surface area contributed by atoms with Crippen molar-refractivity contribution in [2.75, 3.05) is 26.1 Å². The number of carbonyl (C=O) groups is 1. The highest BCUT2D eigenvalue weighted by molar-refractivity contribution is 6.00. The van der Waals surface area contributed by atoms with Crippen molar-refractivity contribution >= 4 is 28.4 Å². The number of nitrogens with zero attached hydrogens (tertiary/aromatic N) is 4. The Hall–Kier alpha value is -3.81. The maximum Gasteiger partial charge on any atom is 0.274 e. The Kier molecular flexibility index (Phi) is 4.46. The summed E-state index contributed by atoms with van der Waals surface area (Å²) in [6.45, 7) is 1.80. The van der Waals surface area contributed by atoms with Crippen LogP contribution in [0.1, 0.15) is 16.1 Å². The Morgan fingerprint density at radius 3 is 2.45 bits per heavy atom. The molecule has 8 heteroatoms. The number of aryl methyl sites for hydroxylation is 1. The van der Waals surface area contributed by atoms with E-state index in [0.29, 0.717) is 39.5 Å². The van der Waals surface area contributed by atoms with Gasteiger partial charge in [-0.05, 0) is 25.1 Å². The number of amides is 1. The van der Waals surface area contributed by atoms with E-state index in [2.05, 4.69) is 9.97 Å². The van der Waals surface area contributed by atoms with Gasteiger partial charge in [0.15, 0.2) is 0 Å². The molecule has 4 rings (SSSR count). The van der Waals surface area contributed by atoms with Crippen molar-refractivity contribution in [1.29, 1.82) is 0 Å². The van der Waals surface area contributed by atoms with Crippen LogP contribution in [0.25, 0.3) is 16.6 Å². The molecule has 0 unspecified atom stereocenters. The Morgan fingerprint density at radius 2 is 1.83 bits per heavy atom. The number of allylic oxidation sites excluding steroid dienone is 4. The summed E-state index contributed by atoms with van der Waals surface area (Å²) in [5.41, 5.74) is 2.35. The van der Waals surface area contributed by atoms with E-state index >= 15 is 0 Å². The molecule has 8 nitrogen and oxygen atoms in total. The van der Waals surface area contributed by atoms with E-state index in [-0.39, 0.29) is 11.5 Å². The van der Waals surface area contributed by atoms with E-state index in [1.807, 2.05) is 41.6 Å². The lowest BCUT2D eigenvalue weighted by molar-refractivity contribution is 0.0824. The monoisotopic (exact) mass is 391 g/mol. The molecule has 2 aromatic heterocycles. The summed E-state index contributed by atoms with van der Waals surface area (Å²) in [7, 11) is 4.85. The van der Waals surface area contributed by atoms with Crippen molar-refractivity contribution in [1.82, 2.24) is 19.3 Å². The van der Waals surface area contributed by atoms with Crippen LogP contribution >= 0.6 is 0 Å². The Labute approximate surface area is 167 Å². The van der Waals surface area contributed by atoms with Crippen LogP contribution in [0, 0.1) is 6.92 Å². The molecule has 29 heavy (non-hydrogen) atoms. The average molecular weight is 391 g/mol. The van der Waals surface area contributed by atoms with Crippen molar-refractivity contribution in [2.24, 2.45) is 0 Å². The van der Waals surface area contributed by atoms with E-state index in [9.17, 15) is 9.59 Å². The van der Waals surface area contributed by atoms with Crippen LogP contribution in [0.3, 0.4) is 0 Å². The lowest BCUT2D eigenvalue weighted by Gasteiger charge is -2.17. The molecule has 3 aromatic rings. The molecular weight excluding hydrogens is 370 g/mol. The second-order valence-electron chi connectivity index (χ2n) is 6.88. The van der Waals surface area contributed by atoms with Gasteiger partial charge in [-0.1, -0.05) is 12.2 Å². The van der Waals surface area contributed by atoms with Gasteiger partial charge in [0.25, 0.3) is 11.5 Å². The molecule has 1 aromatic carbocycles. The van der Waals surface area contributed by atoms with Crippen LogP contribution < -0.4 is 15.2 Å². The van der Waals surface area contributed by atoms with Gasteiger partial charge < -0.3 is 14.6 Å². The van der Waals surface area contributed by atoms with Gasteiger partial charge in [0.05, 0.1) is 29.4 Å². The van der Waals surface area contributed by atoms with Gasteiger partial charge in [0.2, 0.25) is 5.95 Å². The van der Waals surface area contributed by atoms with Gasteiger partial charge in [-0.25, -0.2) is 4.98 Å². The lowest BCUT2D eigenvalue weighted by Crippen LogP contribution is -2.23. The zero-order valence-corrected chi connectivity index (χ0v) is 16.6. The predicted molar refractivity (Wildman–Crippen MR) is 113 cm³/mol. The molecule has 1 amide bonds. The molecule has 0 saturated heterocycles. The summed E-state index contributed by atoms with van der Waals surface area (Å²) in [6.07, 6.45) is 11.3. The molecule has 0 atom stereocenters. The number of hydrogen-bond acceptors (Lipinski definition) is 5. The summed E-state index contributed by atoms with van der Waals surface area (Å²) in [5.74, 6) is 0.778. The molecule has 0 spiro atoms. The molecule has 1 aliphatic rings. The number of fused-ring (bicyclic) bond motifs is 3. The van der Waals surface area contributed by atoms with E-state index in [0.717, 1.165) is 0 Å². The van der Waals surface area contributed by atoms with Gasteiger partial charge in [0.1, 0.15) is 11.3 Å². The van der Waals surface area contributed by atoms with Crippen LogP contribution in [-0.4, -0.2) is 46.4 Å². The van der Waals surface area contributed by atoms with Crippen LogP contribution in [0.5, 0.6) is 5.75 Å². The van der Waals surface area contributed by atoms with Gasteiger partial charge in [-0.15, -0.1) is 0 Å². The number of H-pyrrole nitrogens is 1. The topological polar surface area (TPSA) is 82.9 Å². The fourth-order valence-corrected chi connectivity index (χ4v) is 3.39. The van der Waals surface area contributed by atoms with E-state index in [4.69, 9.17) is 4.74 Å². The molecule has 148 valence electrons. The zero-order chi connectivity index (χ0) is 20.7. The summed E-state index contributed by atoms with van der Waals surface area (Å²) in [4.78, 5) is 36.2. The first-order valence-electron chi connectivity index (χ1n) is 9.07. The maximum absolute atomic E-state index is 12.8. The number of methoxy groups -OCH3 is 1.